The number of rotatable bonds is 7. The van der Waals surface area contributed by atoms with E-state index in [-0.39, 0.29) is 24.8 Å². The molecule has 0 fully saturated rings. The third kappa shape index (κ3) is 4.06. The van der Waals surface area contributed by atoms with E-state index in [1.807, 2.05) is 73.7 Å². The van der Waals surface area contributed by atoms with Crippen LogP contribution in [-0.4, -0.2) is 52.6 Å². The molecule has 188 valence electrons. The highest BCUT2D eigenvalue weighted by atomic mass is 16.4. The molecule has 0 aliphatic carbocycles. The summed E-state index contributed by atoms with van der Waals surface area (Å²) >= 11 is 0. The van der Waals surface area contributed by atoms with Crippen LogP contribution in [0.3, 0.4) is 0 Å². The quantitative estimate of drug-likeness (QED) is 0.383. The highest BCUT2D eigenvalue weighted by Gasteiger charge is 2.52. The lowest BCUT2D eigenvalue weighted by Gasteiger charge is -2.32. The first-order valence-electron chi connectivity index (χ1n) is 12.4. The van der Waals surface area contributed by atoms with Crippen LogP contribution in [0.25, 0.3) is 10.9 Å². The van der Waals surface area contributed by atoms with E-state index in [1.165, 1.54) is 11.9 Å². The number of para-hydroxylation sites is 2. The highest BCUT2D eigenvalue weighted by molar-refractivity contribution is 6.09. The number of amides is 2. The minimum Gasteiger partial charge on any atom is -0.465 e. The molecule has 0 saturated carbocycles. The van der Waals surface area contributed by atoms with Crippen molar-refractivity contribution < 1.29 is 19.5 Å². The Kier molecular flexibility index (Phi) is 6.29. The van der Waals surface area contributed by atoms with E-state index < -0.39 is 11.5 Å². The van der Waals surface area contributed by atoms with Crippen LogP contribution in [0.4, 0.5) is 10.5 Å². The predicted octanol–water partition coefficient (Wildman–Crippen LogP) is 5.18. The van der Waals surface area contributed by atoms with Crippen LogP contribution < -0.4 is 4.90 Å². The van der Waals surface area contributed by atoms with Crippen LogP contribution in [-0.2, 0) is 16.6 Å². The zero-order valence-corrected chi connectivity index (χ0v) is 20.9. The van der Waals surface area contributed by atoms with E-state index in [9.17, 15) is 19.5 Å². The van der Waals surface area contributed by atoms with Gasteiger partial charge in [-0.1, -0.05) is 61.5 Å². The fourth-order valence-electron chi connectivity index (χ4n) is 5.50. The monoisotopic (exact) mass is 495 g/mol. The molecule has 5 rings (SSSR count). The summed E-state index contributed by atoms with van der Waals surface area (Å²) < 4.78 is 1.63. The molecular formula is C30H29N3O4. The molecule has 1 atom stereocenters. The van der Waals surface area contributed by atoms with E-state index in [2.05, 4.69) is 0 Å². The molecule has 2 heterocycles. The molecule has 0 radical (unpaired) electrons. The fourth-order valence-corrected chi connectivity index (χ4v) is 5.50. The van der Waals surface area contributed by atoms with Crippen molar-refractivity contribution in [3.8, 4) is 0 Å². The van der Waals surface area contributed by atoms with Gasteiger partial charge in [0.25, 0.3) is 5.91 Å². The molecule has 0 saturated heterocycles. The summed E-state index contributed by atoms with van der Waals surface area (Å²) in [5, 5.41) is 10.6. The van der Waals surface area contributed by atoms with Crippen molar-refractivity contribution in [2.45, 2.75) is 25.2 Å². The lowest BCUT2D eigenvalue weighted by Crippen LogP contribution is -2.50. The summed E-state index contributed by atoms with van der Waals surface area (Å²) in [4.78, 5) is 42.5. The SMILES string of the molecule is CCCN1C(=O)C(Cc2cn(C(=O)c3ccccc3)c3ccccc23)(CN(C)C(=O)O)c2ccccc21. The van der Waals surface area contributed by atoms with Crippen LogP contribution in [0.1, 0.15) is 34.8 Å². The third-order valence-electron chi connectivity index (χ3n) is 7.17. The molecule has 7 heteroatoms. The molecule has 0 bridgehead atoms. The Morgan fingerprint density at radius 2 is 1.62 bits per heavy atom. The van der Waals surface area contributed by atoms with Crippen molar-refractivity contribution in [1.82, 2.24) is 9.47 Å². The number of carbonyl (C=O) groups excluding carboxylic acids is 2. The van der Waals surface area contributed by atoms with Gasteiger partial charge in [0.2, 0.25) is 5.91 Å². The molecule has 1 N–H and O–H groups in total. The van der Waals surface area contributed by atoms with Crippen LogP contribution in [0, 0.1) is 0 Å². The second-order valence-corrected chi connectivity index (χ2v) is 9.58. The topological polar surface area (TPSA) is 82.9 Å². The van der Waals surface area contributed by atoms with Gasteiger partial charge in [-0.3, -0.25) is 14.2 Å². The molecule has 1 aliphatic heterocycles. The lowest BCUT2D eigenvalue weighted by atomic mass is 9.76. The maximum atomic E-state index is 14.2. The summed E-state index contributed by atoms with van der Waals surface area (Å²) in [6, 6.07) is 24.3. The number of anilines is 1. The van der Waals surface area contributed by atoms with Crippen LogP contribution >= 0.6 is 0 Å². The molecule has 1 aromatic heterocycles. The van der Waals surface area contributed by atoms with E-state index >= 15 is 0 Å². The highest BCUT2D eigenvalue weighted by Crippen LogP contribution is 2.45. The van der Waals surface area contributed by atoms with Gasteiger partial charge < -0.3 is 14.9 Å². The molecule has 37 heavy (non-hydrogen) atoms. The van der Waals surface area contributed by atoms with Crippen molar-refractivity contribution >= 4 is 34.5 Å². The Labute approximate surface area is 215 Å². The second kappa shape index (κ2) is 9.58. The Morgan fingerprint density at radius 1 is 0.946 bits per heavy atom. The smallest absolute Gasteiger partial charge is 0.407 e. The average molecular weight is 496 g/mol. The first-order valence-corrected chi connectivity index (χ1v) is 12.4. The summed E-state index contributed by atoms with van der Waals surface area (Å²) in [7, 11) is 1.49. The lowest BCUT2D eigenvalue weighted by molar-refractivity contribution is -0.123. The Balaban J connectivity index is 1.68. The standard InChI is InChI=1S/C30H29N3O4/c1-3-17-32-26-16-10-8-14-24(26)30(28(32)35,20-31(2)29(36)37)18-22-19-33(25-15-9-7-13-23(22)25)27(34)21-11-5-4-6-12-21/h4-16,19H,3,17-18,20H2,1-2H3,(H,36,37). The Hall–Kier alpha value is -4.39. The van der Waals surface area contributed by atoms with Gasteiger partial charge >= 0.3 is 6.09 Å². The molecule has 2 amide bonds. The number of carbonyl (C=O) groups is 3. The zero-order valence-electron chi connectivity index (χ0n) is 20.9. The van der Waals surface area contributed by atoms with Crippen LogP contribution in [0.5, 0.6) is 0 Å². The molecular weight excluding hydrogens is 466 g/mol. The average Bonchev–Trinajstić information content (AvgIpc) is 3.38. The number of carboxylic acid groups (broad SMARTS) is 1. The van der Waals surface area contributed by atoms with Gasteiger partial charge in [0.05, 0.1) is 10.9 Å². The Bertz CT molecular complexity index is 1490. The number of benzene rings is 3. The summed E-state index contributed by atoms with van der Waals surface area (Å²) in [6.45, 7) is 2.56. The fraction of sp³-hybridized carbons (Fsp3) is 0.233. The first-order chi connectivity index (χ1) is 17.9. The van der Waals surface area contributed by atoms with Gasteiger partial charge in [-0.2, -0.15) is 0 Å². The molecule has 3 aromatic carbocycles. The zero-order chi connectivity index (χ0) is 26.2. The van der Waals surface area contributed by atoms with Gasteiger partial charge in [-0.05, 0) is 48.2 Å². The Morgan fingerprint density at radius 3 is 2.35 bits per heavy atom. The van der Waals surface area contributed by atoms with Crippen molar-refractivity contribution in [3.05, 3.63) is 102 Å². The molecule has 7 nitrogen and oxygen atoms in total. The normalized spacial score (nSPS) is 16.7. The van der Waals surface area contributed by atoms with E-state index in [1.54, 1.807) is 27.8 Å². The van der Waals surface area contributed by atoms with Crippen molar-refractivity contribution in [2.75, 3.05) is 25.0 Å². The number of fused-ring (bicyclic) bond motifs is 2. The number of nitrogens with zero attached hydrogens (tertiary/aromatic N) is 3. The summed E-state index contributed by atoms with van der Waals surface area (Å²) in [5.74, 6) is -0.277. The molecule has 0 spiro atoms. The second-order valence-electron chi connectivity index (χ2n) is 9.58. The number of hydrogen-bond acceptors (Lipinski definition) is 3. The largest absolute Gasteiger partial charge is 0.465 e. The summed E-state index contributed by atoms with van der Waals surface area (Å²) in [5.41, 5.74) is 2.64. The van der Waals surface area contributed by atoms with Gasteiger partial charge in [0.1, 0.15) is 0 Å². The van der Waals surface area contributed by atoms with Gasteiger partial charge in [0, 0.05) is 43.0 Å². The molecule has 4 aromatic rings. The van der Waals surface area contributed by atoms with Crippen molar-refractivity contribution in [2.24, 2.45) is 0 Å². The third-order valence-corrected chi connectivity index (χ3v) is 7.17. The van der Waals surface area contributed by atoms with E-state index in [0.29, 0.717) is 12.1 Å². The van der Waals surface area contributed by atoms with Crippen molar-refractivity contribution in [1.29, 1.82) is 0 Å². The number of likely N-dealkylation sites (N-methyl/N-ethyl adjacent to an activating group) is 1. The maximum absolute atomic E-state index is 14.2. The molecule has 1 aliphatic rings. The van der Waals surface area contributed by atoms with Crippen LogP contribution in [0.15, 0.2) is 85.1 Å². The van der Waals surface area contributed by atoms with Gasteiger partial charge in [-0.25, -0.2) is 4.79 Å². The predicted molar refractivity (Wildman–Crippen MR) is 143 cm³/mol. The van der Waals surface area contributed by atoms with Gasteiger partial charge in [0.15, 0.2) is 0 Å². The van der Waals surface area contributed by atoms with E-state index in [0.717, 1.165) is 34.1 Å². The van der Waals surface area contributed by atoms with Crippen LogP contribution in [0.2, 0.25) is 0 Å². The number of hydrogen-bond donors (Lipinski definition) is 1. The minimum absolute atomic E-state index is 0.00450. The van der Waals surface area contributed by atoms with Gasteiger partial charge in [-0.15, -0.1) is 0 Å². The maximum Gasteiger partial charge on any atom is 0.407 e. The first kappa shape index (κ1) is 24.3. The minimum atomic E-state index is -1.12. The molecule has 1 unspecified atom stereocenters. The number of aromatic nitrogens is 1. The summed E-state index contributed by atoms with van der Waals surface area (Å²) in [6.07, 6.45) is 1.74. The van der Waals surface area contributed by atoms with E-state index in [4.69, 9.17) is 0 Å². The van der Waals surface area contributed by atoms with Crippen molar-refractivity contribution in [3.63, 3.8) is 0 Å².